The second kappa shape index (κ2) is 6.24. The van der Waals surface area contributed by atoms with Crippen LogP contribution in [0.4, 0.5) is 10.1 Å². The average Bonchev–Trinajstić information content (AvgIpc) is 2.38. The second-order valence-corrected chi connectivity index (χ2v) is 8.00. The van der Waals surface area contributed by atoms with Crippen molar-refractivity contribution in [2.75, 3.05) is 4.72 Å². The minimum absolute atomic E-state index is 0.0131. The van der Waals surface area contributed by atoms with E-state index in [4.69, 9.17) is 11.6 Å². The number of benzene rings is 2. The predicted octanol–water partition coefficient (Wildman–Crippen LogP) is 5.11. The lowest BCUT2D eigenvalue weighted by molar-refractivity contribution is 0.598. The molecule has 0 fully saturated rings. The van der Waals surface area contributed by atoms with Crippen LogP contribution >= 0.6 is 43.5 Å². The molecule has 2 aromatic carbocycles. The van der Waals surface area contributed by atoms with E-state index in [1.54, 1.807) is 6.07 Å². The van der Waals surface area contributed by atoms with Gasteiger partial charge in [-0.2, -0.15) is 0 Å². The zero-order chi connectivity index (χ0) is 15.8. The fraction of sp³-hybridized carbons (Fsp3) is 0.0769. The molecule has 0 spiro atoms. The molecule has 1 N–H and O–H groups in total. The van der Waals surface area contributed by atoms with Gasteiger partial charge in [-0.1, -0.05) is 33.6 Å². The highest BCUT2D eigenvalue weighted by atomic mass is 79.9. The first-order valence-electron chi connectivity index (χ1n) is 5.65. The van der Waals surface area contributed by atoms with Gasteiger partial charge in [-0.15, -0.1) is 0 Å². The van der Waals surface area contributed by atoms with Crippen LogP contribution in [0.1, 0.15) is 5.56 Å². The number of halogens is 4. The van der Waals surface area contributed by atoms with Crippen LogP contribution in [0.5, 0.6) is 0 Å². The summed E-state index contributed by atoms with van der Waals surface area (Å²) in [6, 6.07) is 7.03. The topological polar surface area (TPSA) is 46.2 Å². The van der Waals surface area contributed by atoms with Crippen LogP contribution < -0.4 is 4.72 Å². The number of rotatable bonds is 3. The molecule has 8 heteroatoms. The van der Waals surface area contributed by atoms with Crippen LogP contribution in [0, 0.1) is 12.7 Å². The lowest BCUT2D eigenvalue weighted by atomic mass is 10.2. The summed E-state index contributed by atoms with van der Waals surface area (Å²) < 4.78 is 41.7. The Labute approximate surface area is 143 Å². The number of anilines is 1. The van der Waals surface area contributed by atoms with Gasteiger partial charge in [0.15, 0.2) is 0 Å². The molecule has 0 saturated carbocycles. The van der Waals surface area contributed by atoms with Gasteiger partial charge >= 0.3 is 0 Å². The third-order valence-corrected chi connectivity index (χ3v) is 6.18. The number of para-hydroxylation sites is 1. The molecule has 0 aliphatic carbocycles. The van der Waals surface area contributed by atoms with E-state index >= 15 is 0 Å². The van der Waals surface area contributed by atoms with Crippen molar-refractivity contribution in [3.8, 4) is 0 Å². The van der Waals surface area contributed by atoms with E-state index in [1.165, 1.54) is 18.2 Å². The Kier molecular flexibility index (Phi) is 4.97. The minimum atomic E-state index is -3.98. The molecule has 0 amide bonds. The average molecular weight is 458 g/mol. The Morgan fingerprint density at radius 2 is 1.86 bits per heavy atom. The van der Waals surface area contributed by atoms with Crippen molar-refractivity contribution >= 4 is 59.2 Å². The van der Waals surface area contributed by atoms with E-state index in [0.29, 0.717) is 8.95 Å². The number of hydrogen-bond acceptors (Lipinski definition) is 2. The second-order valence-electron chi connectivity index (χ2n) is 4.23. The standard InChI is InChI=1S/C13H9Br2ClFNO2S/c1-7-5-9(15)12(6-8(7)14)21(19,20)18-13-10(16)3-2-4-11(13)17/h2-6,18H,1H3. The van der Waals surface area contributed by atoms with Gasteiger partial charge in [-0.3, -0.25) is 4.72 Å². The van der Waals surface area contributed by atoms with Crippen molar-refractivity contribution in [1.29, 1.82) is 0 Å². The molecule has 0 saturated heterocycles. The van der Waals surface area contributed by atoms with Crippen molar-refractivity contribution in [2.45, 2.75) is 11.8 Å². The van der Waals surface area contributed by atoms with Crippen molar-refractivity contribution < 1.29 is 12.8 Å². The molecule has 0 aliphatic rings. The maximum Gasteiger partial charge on any atom is 0.263 e. The third kappa shape index (κ3) is 3.59. The minimum Gasteiger partial charge on any atom is -0.275 e. The van der Waals surface area contributed by atoms with Gasteiger partial charge in [-0.25, -0.2) is 12.8 Å². The third-order valence-electron chi connectivity index (χ3n) is 2.70. The van der Waals surface area contributed by atoms with Crippen LogP contribution in [-0.2, 0) is 10.0 Å². The van der Waals surface area contributed by atoms with Crippen LogP contribution in [0.15, 0.2) is 44.2 Å². The fourth-order valence-corrected chi connectivity index (χ4v) is 4.65. The van der Waals surface area contributed by atoms with E-state index in [2.05, 4.69) is 36.6 Å². The van der Waals surface area contributed by atoms with Crippen LogP contribution in [0.2, 0.25) is 5.02 Å². The van der Waals surface area contributed by atoms with Gasteiger partial charge < -0.3 is 0 Å². The molecule has 0 atom stereocenters. The highest BCUT2D eigenvalue weighted by Crippen LogP contribution is 2.32. The molecule has 112 valence electrons. The summed E-state index contributed by atoms with van der Waals surface area (Å²) in [7, 11) is -3.98. The number of hydrogen-bond donors (Lipinski definition) is 1. The maximum atomic E-state index is 13.7. The van der Waals surface area contributed by atoms with Crippen LogP contribution in [-0.4, -0.2) is 8.42 Å². The van der Waals surface area contributed by atoms with Crippen molar-refractivity contribution in [1.82, 2.24) is 0 Å². The molecule has 0 unspecified atom stereocenters. The Bertz CT molecular complexity index is 792. The van der Waals surface area contributed by atoms with Gasteiger partial charge in [0.05, 0.1) is 5.02 Å². The Morgan fingerprint density at radius 3 is 2.48 bits per heavy atom. The van der Waals surface area contributed by atoms with E-state index in [9.17, 15) is 12.8 Å². The fourth-order valence-electron chi connectivity index (χ4n) is 1.62. The number of aryl methyl sites for hydroxylation is 1. The largest absolute Gasteiger partial charge is 0.275 e. The quantitative estimate of drug-likeness (QED) is 0.696. The maximum absolute atomic E-state index is 13.7. The Hall–Kier alpha value is -0.630. The zero-order valence-corrected chi connectivity index (χ0v) is 15.4. The SMILES string of the molecule is Cc1cc(Br)c(S(=O)(=O)Nc2c(F)cccc2Cl)cc1Br. The van der Waals surface area contributed by atoms with E-state index in [1.807, 2.05) is 6.92 Å². The molecule has 0 aromatic heterocycles. The molecule has 0 radical (unpaired) electrons. The molecule has 0 heterocycles. The van der Waals surface area contributed by atoms with Crippen molar-refractivity contribution in [3.05, 3.63) is 55.7 Å². The first kappa shape index (κ1) is 16.7. The molecule has 2 aromatic rings. The number of sulfonamides is 1. The smallest absolute Gasteiger partial charge is 0.263 e. The first-order valence-corrected chi connectivity index (χ1v) is 9.09. The predicted molar refractivity (Wildman–Crippen MR) is 88.8 cm³/mol. The summed E-state index contributed by atoms with van der Waals surface area (Å²) in [6.45, 7) is 1.83. The first-order chi connectivity index (χ1) is 9.72. The summed E-state index contributed by atoms with van der Waals surface area (Å²) >= 11 is 12.3. The van der Waals surface area contributed by atoms with E-state index in [0.717, 1.165) is 11.6 Å². The molecule has 3 nitrogen and oxygen atoms in total. The molecular weight excluding hydrogens is 448 g/mol. The molecular formula is C13H9Br2ClFNO2S. The summed E-state index contributed by atoms with van der Waals surface area (Å²) in [4.78, 5) is -0.0145. The number of nitrogens with one attached hydrogen (secondary N) is 1. The highest BCUT2D eigenvalue weighted by molar-refractivity contribution is 9.11. The van der Waals surface area contributed by atoms with Crippen LogP contribution in [0.3, 0.4) is 0 Å². The highest BCUT2D eigenvalue weighted by Gasteiger charge is 2.22. The van der Waals surface area contributed by atoms with E-state index in [-0.39, 0.29) is 15.6 Å². The van der Waals surface area contributed by atoms with Crippen molar-refractivity contribution in [3.63, 3.8) is 0 Å². The summed E-state index contributed by atoms with van der Waals surface area (Å²) in [5.74, 6) is -0.742. The lowest BCUT2D eigenvalue weighted by Crippen LogP contribution is -2.15. The Balaban J connectivity index is 2.51. The van der Waals surface area contributed by atoms with Crippen LogP contribution in [0.25, 0.3) is 0 Å². The summed E-state index contributed by atoms with van der Waals surface area (Å²) in [5, 5.41) is -0.0131. The van der Waals surface area contributed by atoms with Crippen molar-refractivity contribution in [2.24, 2.45) is 0 Å². The normalized spacial score (nSPS) is 11.5. The summed E-state index contributed by atoms with van der Waals surface area (Å²) in [5.41, 5.74) is 0.590. The molecule has 2 rings (SSSR count). The van der Waals surface area contributed by atoms with Gasteiger partial charge in [-0.05, 0) is 52.7 Å². The molecule has 0 bridgehead atoms. The van der Waals surface area contributed by atoms with E-state index < -0.39 is 15.8 Å². The Morgan fingerprint density at radius 1 is 1.19 bits per heavy atom. The van der Waals surface area contributed by atoms with Gasteiger partial charge in [0, 0.05) is 8.95 Å². The molecule has 21 heavy (non-hydrogen) atoms. The van der Waals surface area contributed by atoms with Gasteiger partial charge in [0.1, 0.15) is 16.4 Å². The lowest BCUT2D eigenvalue weighted by Gasteiger charge is -2.13. The monoisotopic (exact) mass is 455 g/mol. The van der Waals surface area contributed by atoms with Gasteiger partial charge in [0.25, 0.3) is 10.0 Å². The molecule has 0 aliphatic heterocycles. The van der Waals surface area contributed by atoms with Gasteiger partial charge in [0.2, 0.25) is 0 Å². The zero-order valence-electron chi connectivity index (χ0n) is 10.6. The summed E-state index contributed by atoms with van der Waals surface area (Å²) in [6.07, 6.45) is 0.